The Morgan fingerprint density at radius 2 is 1.96 bits per heavy atom. The van der Waals surface area contributed by atoms with E-state index in [0.29, 0.717) is 12.2 Å². The van der Waals surface area contributed by atoms with E-state index >= 15 is 0 Å². The number of benzene rings is 1. The molecule has 1 N–H and O–H groups in total. The van der Waals surface area contributed by atoms with E-state index in [-0.39, 0.29) is 41.0 Å². The standard InChI is InChI=1S/C19H19F3N2O3/c1-2-11(12-5-7-14(8-6-12)27-19(20,21)22)9-16(25)15-10-17(26)24-18(23-15)13-3-4-13/h5-8,10-11,13H,2-4,9H2,1H3,(H,23,24,26)/t11-/m0/s1. The lowest BCUT2D eigenvalue weighted by Crippen LogP contribution is -2.17. The fourth-order valence-electron chi connectivity index (χ4n) is 2.94. The molecule has 27 heavy (non-hydrogen) atoms. The number of aromatic amines is 1. The van der Waals surface area contributed by atoms with Crippen LogP contribution in [0.1, 0.15) is 66.3 Å². The molecule has 0 saturated heterocycles. The number of hydrogen-bond acceptors (Lipinski definition) is 4. The number of alkyl halides is 3. The summed E-state index contributed by atoms with van der Waals surface area (Å²) < 4.78 is 40.6. The van der Waals surface area contributed by atoms with Crippen molar-refractivity contribution in [3.8, 4) is 5.75 Å². The SMILES string of the molecule is CC[C@@H](CC(=O)c1cc(=O)[nH]c(C2CC2)n1)c1ccc(OC(F)(F)F)cc1. The number of rotatable bonds is 7. The second-order valence-corrected chi connectivity index (χ2v) is 6.64. The first-order valence-corrected chi connectivity index (χ1v) is 8.75. The zero-order chi connectivity index (χ0) is 19.6. The molecule has 1 saturated carbocycles. The summed E-state index contributed by atoms with van der Waals surface area (Å²) in [4.78, 5) is 31.3. The molecule has 1 aromatic heterocycles. The van der Waals surface area contributed by atoms with Gasteiger partial charge in [-0.05, 0) is 42.9 Å². The molecule has 0 bridgehead atoms. The molecular formula is C19H19F3N2O3. The number of ether oxygens (including phenoxy) is 1. The van der Waals surface area contributed by atoms with Crippen LogP contribution in [0.4, 0.5) is 13.2 Å². The Labute approximate surface area is 153 Å². The number of nitrogens with zero attached hydrogens (tertiary/aromatic N) is 1. The Hall–Kier alpha value is -2.64. The van der Waals surface area contributed by atoms with Crippen LogP contribution in [0.3, 0.4) is 0 Å². The van der Waals surface area contributed by atoms with Gasteiger partial charge < -0.3 is 9.72 Å². The van der Waals surface area contributed by atoms with Crippen LogP contribution in [-0.2, 0) is 0 Å². The number of H-pyrrole nitrogens is 1. The highest BCUT2D eigenvalue weighted by atomic mass is 19.4. The highest BCUT2D eigenvalue weighted by Gasteiger charge is 2.31. The average Bonchev–Trinajstić information content (AvgIpc) is 3.43. The van der Waals surface area contributed by atoms with Crippen molar-refractivity contribution < 1.29 is 22.7 Å². The van der Waals surface area contributed by atoms with Crippen molar-refractivity contribution in [1.29, 1.82) is 0 Å². The van der Waals surface area contributed by atoms with E-state index in [4.69, 9.17) is 0 Å². The van der Waals surface area contributed by atoms with E-state index in [9.17, 15) is 22.8 Å². The summed E-state index contributed by atoms with van der Waals surface area (Å²) in [6.07, 6.45) is -2.11. The first kappa shape index (κ1) is 19.1. The maximum Gasteiger partial charge on any atom is 0.573 e. The summed E-state index contributed by atoms with van der Waals surface area (Å²) in [5.74, 6) is 0.00674. The fourth-order valence-corrected chi connectivity index (χ4v) is 2.94. The second kappa shape index (κ2) is 7.54. The minimum absolute atomic E-state index is 0.122. The molecule has 1 aromatic carbocycles. The normalized spacial score (nSPS) is 15.4. The van der Waals surface area contributed by atoms with Crippen molar-refractivity contribution in [2.75, 3.05) is 0 Å². The Kier molecular flexibility index (Phi) is 5.34. The first-order chi connectivity index (χ1) is 12.7. The number of carbonyl (C=O) groups is 1. The van der Waals surface area contributed by atoms with E-state index in [1.54, 1.807) is 0 Å². The third kappa shape index (κ3) is 5.18. The zero-order valence-corrected chi connectivity index (χ0v) is 14.7. The molecule has 3 rings (SSSR count). The lowest BCUT2D eigenvalue weighted by molar-refractivity contribution is -0.274. The molecule has 0 spiro atoms. The van der Waals surface area contributed by atoms with Crippen molar-refractivity contribution >= 4 is 5.78 Å². The van der Waals surface area contributed by atoms with Gasteiger partial charge in [-0.3, -0.25) is 9.59 Å². The first-order valence-electron chi connectivity index (χ1n) is 8.75. The smallest absolute Gasteiger partial charge is 0.406 e. The molecule has 1 aliphatic rings. The monoisotopic (exact) mass is 380 g/mol. The van der Waals surface area contributed by atoms with Gasteiger partial charge in [0, 0.05) is 18.4 Å². The Morgan fingerprint density at radius 1 is 1.30 bits per heavy atom. The quantitative estimate of drug-likeness (QED) is 0.727. The third-order valence-electron chi connectivity index (χ3n) is 4.52. The van der Waals surface area contributed by atoms with Gasteiger partial charge in [-0.2, -0.15) is 0 Å². The molecule has 0 aliphatic heterocycles. The van der Waals surface area contributed by atoms with Crippen LogP contribution in [0.2, 0.25) is 0 Å². The topological polar surface area (TPSA) is 72.0 Å². The van der Waals surface area contributed by atoms with E-state index in [1.165, 1.54) is 30.3 Å². The summed E-state index contributed by atoms with van der Waals surface area (Å²) in [5, 5.41) is 0. The number of halogens is 3. The Balaban J connectivity index is 1.73. The largest absolute Gasteiger partial charge is 0.573 e. The highest BCUT2D eigenvalue weighted by molar-refractivity contribution is 5.94. The lowest BCUT2D eigenvalue weighted by atomic mass is 9.90. The summed E-state index contributed by atoms with van der Waals surface area (Å²) in [5.41, 5.74) is 0.515. The minimum Gasteiger partial charge on any atom is -0.406 e. The molecule has 1 aliphatic carbocycles. The van der Waals surface area contributed by atoms with Crippen molar-refractivity contribution in [3.05, 3.63) is 57.8 Å². The highest BCUT2D eigenvalue weighted by Crippen LogP contribution is 2.37. The predicted octanol–water partition coefficient (Wildman–Crippen LogP) is 4.31. The van der Waals surface area contributed by atoms with Crippen molar-refractivity contribution in [1.82, 2.24) is 9.97 Å². The van der Waals surface area contributed by atoms with Gasteiger partial charge in [-0.15, -0.1) is 13.2 Å². The summed E-state index contributed by atoms with van der Waals surface area (Å²) in [6, 6.07) is 6.69. The molecule has 0 amide bonds. The lowest BCUT2D eigenvalue weighted by Gasteiger charge is -2.16. The Morgan fingerprint density at radius 3 is 2.52 bits per heavy atom. The minimum atomic E-state index is -4.74. The second-order valence-electron chi connectivity index (χ2n) is 6.64. The molecule has 8 heteroatoms. The van der Waals surface area contributed by atoms with Gasteiger partial charge in [0.05, 0.1) is 0 Å². The molecule has 1 heterocycles. The number of carbonyl (C=O) groups excluding carboxylic acids is 1. The van der Waals surface area contributed by atoms with Crippen molar-refractivity contribution in [2.45, 2.75) is 50.8 Å². The number of Topliss-reactive ketones (excluding diaryl/α,β-unsaturated/α-hetero) is 1. The molecule has 0 radical (unpaired) electrons. The summed E-state index contributed by atoms with van der Waals surface area (Å²) >= 11 is 0. The van der Waals surface area contributed by atoms with Crippen LogP contribution in [0, 0.1) is 0 Å². The number of aromatic nitrogens is 2. The number of nitrogens with one attached hydrogen (secondary N) is 1. The summed E-state index contributed by atoms with van der Waals surface area (Å²) in [6.45, 7) is 1.89. The molecule has 1 atom stereocenters. The van der Waals surface area contributed by atoms with Crippen molar-refractivity contribution in [3.63, 3.8) is 0 Å². The third-order valence-corrected chi connectivity index (χ3v) is 4.52. The van der Waals surface area contributed by atoms with Gasteiger partial charge in [0.15, 0.2) is 5.78 Å². The van der Waals surface area contributed by atoms with Crippen LogP contribution in [0.25, 0.3) is 0 Å². The van der Waals surface area contributed by atoms with Gasteiger partial charge in [-0.25, -0.2) is 4.98 Å². The van der Waals surface area contributed by atoms with E-state index in [0.717, 1.165) is 18.4 Å². The van der Waals surface area contributed by atoms with E-state index < -0.39 is 6.36 Å². The van der Waals surface area contributed by atoms with E-state index in [1.807, 2.05) is 6.92 Å². The van der Waals surface area contributed by atoms with Crippen LogP contribution in [0.5, 0.6) is 5.75 Å². The molecule has 2 aromatic rings. The van der Waals surface area contributed by atoms with Gasteiger partial charge in [-0.1, -0.05) is 19.1 Å². The number of hydrogen-bond donors (Lipinski definition) is 1. The van der Waals surface area contributed by atoms with Crippen LogP contribution < -0.4 is 10.3 Å². The van der Waals surface area contributed by atoms with Gasteiger partial charge in [0.2, 0.25) is 0 Å². The van der Waals surface area contributed by atoms with Gasteiger partial charge >= 0.3 is 6.36 Å². The molecule has 1 fully saturated rings. The zero-order valence-electron chi connectivity index (χ0n) is 14.7. The van der Waals surface area contributed by atoms with Gasteiger partial charge in [0.1, 0.15) is 17.3 Å². The molecular weight excluding hydrogens is 361 g/mol. The van der Waals surface area contributed by atoms with Crippen LogP contribution in [-0.4, -0.2) is 22.1 Å². The molecule has 144 valence electrons. The molecule has 5 nitrogen and oxygen atoms in total. The summed E-state index contributed by atoms with van der Waals surface area (Å²) in [7, 11) is 0. The molecule has 0 unspecified atom stereocenters. The van der Waals surface area contributed by atoms with Gasteiger partial charge in [0.25, 0.3) is 5.56 Å². The average molecular weight is 380 g/mol. The van der Waals surface area contributed by atoms with Crippen molar-refractivity contribution in [2.24, 2.45) is 0 Å². The Bertz CT molecular complexity index is 871. The number of ketones is 1. The maximum absolute atomic E-state index is 12.6. The van der Waals surface area contributed by atoms with E-state index in [2.05, 4.69) is 14.7 Å². The fraction of sp³-hybridized carbons (Fsp3) is 0.421. The van der Waals surface area contributed by atoms with Crippen LogP contribution >= 0.6 is 0 Å². The predicted molar refractivity (Wildman–Crippen MR) is 91.9 cm³/mol. The maximum atomic E-state index is 12.6. The van der Waals surface area contributed by atoms with Crippen LogP contribution in [0.15, 0.2) is 35.1 Å².